The lowest BCUT2D eigenvalue weighted by Gasteiger charge is -2.33. The molecule has 0 aromatic heterocycles. The largest absolute Gasteiger partial charge is 0.390 e. The van der Waals surface area contributed by atoms with E-state index in [1.807, 2.05) is 0 Å². The predicted octanol–water partition coefficient (Wildman–Crippen LogP) is -1.31. The van der Waals surface area contributed by atoms with Crippen molar-refractivity contribution in [1.29, 1.82) is 0 Å². The summed E-state index contributed by atoms with van der Waals surface area (Å²) in [6.45, 7) is 2.55. The van der Waals surface area contributed by atoms with Crippen molar-refractivity contribution in [1.82, 2.24) is 0 Å². The maximum Gasteiger partial charge on any atom is 0.151 e. The van der Waals surface area contributed by atoms with E-state index < -0.39 is 23.9 Å². The zero-order valence-corrected chi connectivity index (χ0v) is 7.97. The molecule has 5 nitrogen and oxygen atoms in total. The number of aldehydes is 1. The number of aliphatic hydroxyl groups is 3. The van der Waals surface area contributed by atoms with Gasteiger partial charge in [0.25, 0.3) is 0 Å². The number of aliphatic hydroxyl groups excluding tert-OH is 2. The van der Waals surface area contributed by atoms with Crippen molar-refractivity contribution in [2.45, 2.75) is 37.8 Å². The lowest BCUT2D eigenvalue weighted by Crippen LogP contribution is -2.54. The van der Waals surface area contributed by atoms with E-state index in [2.05, 4.69) is 4.74 Å². The molecule has 0 amide bonds. The molecule has 0 heterocycles. The Morgan fingerprint density at radius 2 is 1.92 bits per heavy atom. The summed E-state index contributed by atoms with van der Waals surface area (Å²) in [6, 6.07) is 0. The monoisotopic (exact) mass is 192 g/mol. The van der Waals surface area contributed by atoms with Gasteiger partial charge in [-0.25, -0.2) is 0 Å². The Morgan fingerprint density at radius 1 is 1.46 bits per heavy atom. The smallest absolute Gasteiger partial charge is 0.151 e. The molecule has 4 atom stereocenters. The minimum atomic E-state index is -1.76. The van der Waals surface area contributed by atoms with Gasteiger partial charge < -0.3 is 24.9 Å². The van der Waals surface area contributed by atoms with Crippen LogP contribution in [0.4, 0.5) is 0 Å². The Bertz CT molecular complexity index is 166. The maximum absolute atomic E-state index is 10.4. The normalized spacial score (nSPS) is 22.9. The van der Waals surface area contributed by atoms with Gasteiger partial charge in [0, 0.05) is 7.11 Å². The van der Waals surface area contributed by atoms with E-state index in [0.29, 0.717) is 6.29 Å². The molecule has 13 heavy (non-hydrogen) atoms. The van der Waals surface area contributed by atoms with E-state index in [1.165, 1.54) is 21.0 Å². The van der Waals surface area contributed by atoms with Crippen LogP contribution in [0, 0.1) is 0 Å². The molecule has 0 aliphatic heterocycles. The van der Waals surface area contributed by atoms with Crippen LogP contribution in [0.3, 0.4) is 0 Å². The molecule has 0 aliphatic rings. The highest BCUT2D eigenvalue weighted by Gasteiger charge is 2.40. The van der Waals surface area contributed by atoms with E-state index in [4.69, 9.17) is 5.11 Å². The third-order valence-electron chi connectivity index (χ3n) is 2.16. The second-order valence-electron chi connectivity index (χ2n) is 3.18. The van der Waals surface area contributed by atoms with Crippen LogP contribution in [-0.4, -0.2) is 52.6 Å². The standard InChI is InChI=1S/C8H16O5/c1-5(10)8(2,12)7(11)6(4-9)13-3/h4-7,10-12H,1-3H3/t5-,6-,7-,8-/m0/s1. The highest BCUT2D eigenvalue weighted by atomic mass is 16.5. The van der Waals surface area contributed by atoms with Crippen molar-refractivity contribution in [2.24, 2.45) is 0 Å². The van der Waals surface area contributed by atoms with Crippen molar-refractivity contribution in [3.8, 4) is 0 Å². The molecule has 78 valence electrons. The predicted molar refractivity (Wildman–Crippen MR) is 45.2 cm³/mol. The van der Waals surface area contributed by atoms with Crippen molar-refractivity contribution in [3.63, 3.8) is 0 Å². The van der Waals surface area contributed by atoms with Gasteiger partial charge in [-0.1, -0.05) is 0 Å². The molecule has 0 aromatic carbocycles. The van der Waals surface area contributed by atoms with E-state index in [9.17, 15) is 15.0 Å². The van der Waals surface area contributed by atoms with Crippen LogP contribution in [0.5, 0.6) is 0 Å². The summed E-state index contributed by atoms with van der Waals surface area (Å²) >= 11 is 0. The second-order valence-corrected chi connectivity index (χ2v) is 3.18. The van der Waals surface area contributed by atoms with Crippen LogP contribution < -0.4 is 0 Å². The maximum atomic E-state index is 10.4. The van der Waals surface area contributed by atoms with Gasteiger partial charge in [0.2, 0.25) is 0 Å². The van der Waals surface area contributed by atoms with E-state index >= 15 is 0 Å². The molecule has 3 N–H and O–H groups in total. The Kier molecular flexibility index (Phi) is 4.49. The van der Waals surface area contributed by atoms with Crippen molar-refractivity contribution in [2.75, 3.05) is 7.11 Å². The Labute approximate surface area is 77.0 Å². The number of methoxy groups -OCH3 is 1. The first-order valence-corrected chi connectivity index (χ1v) is 3.94. The Balaban J connectivity index is 4.54. The number of hydrogen-bond donors (Lipinski definition) is 3. The summed E-state index contributed by atoms with van der Waals surface area (Å²) in [5.41, 5.74) is -1.76. The summed E-state index contributed by atoms with van der Waals surface area (Å²) < 4.78 is 4.61. The van der Waals surface area contributed by atoms with Crippen LogP contribution in [0.15, 0.2) is 0 Å². The molecule has 0 radical (unpaired) electrons. The first-order valence-electron chi connectivity index (χ1n) is 3.94. The zero-order chi connectivity index (χ0) is 10.6. The lowest BCUT2D eigenvalue weighted by atomic mass is 9.90. The van der Waals surface area contributed by atoms with Gasteiger partial charge >= 0.3 is 0 Å². The molecule has 0 saturated heterocycles. The molecule has 0 saturated carbocycles. The fraction of sp³-hybridized carbons (Fsp3) is 0.875. The van der Waals surface area contributed by atoms with Crippen LogP contribution in [-0.2, 0) is 9.53 Å². The fourth-order valence-electron chi connectivity index (χ4n) is 0.839. The summed E-state index contributed by atoms with van der Waals surface area (Å²) in [5.74, 6) is 0. The molecule has 0 aromatic rings. The average molecular weight is 192 g/mol. The topological polar surface area (TPSA) is 87.0 Å². The quantitative estimate of drug-likeness (QED) is 0.471. The van der Waals surface area contributed by atoms with Crippen LogP contribution in [0.25, 0.3) is 0 Å². The minimum absolute atomic E-state index is 0.377. The number of rotatable bonds is 5. The third kappa shape index (κ3) is 2.73. The first kappa shape index (κ1) is 12.5. The number of hydrogen-bond acceptors (Lipinski definition) is 5. The molecule has 5 heteroatoms. The summed E-state index contributed by atoms with van der Waals surface area (Å²) in [7, 11) is 1.24. The number of ether oxygens (including phenoxy) is 1. The highest BCUT2D eigenvalue weighted by Crippen LogP contribution is 2.18. The van der Waals surface area contributed by atoms with Crippen LogP contribution >= 0.6 is 0 Å². The molecule has 0 bridgehead atoms. The summed E-state index contributed by atoms with van der Waals surface area (Å²) in [6.07, 6.45) is -3.36. The fourth-order valence-corrected chi connectivity index (χ4v) is 0.839. The summed E-state index contributed by atoms with van der Waals surface area (Å²) in [5, 5.41) is 28.1. The average Bonchev–Trinajstić information content (AvgIpc) is 2.06. The third-order valence-corrected chi connectivity index (χ3v) is 2.16. The van der Waals surface area contributed by atoms with Gasteiger partial charge in [0.15, 0.2) is 6.29 Å². The molecule has 0 spiro atoms. The van der Waals surface area contributed by atoms with E-state index in [0.717, 1.165) is 0 Å². The minimum Gasteiger partial charge on any atom is -0.390 e. The van der Waals surface area contributed by atoms with Gasteiger partial charge in [-0.2, -0.15) is 0 Å². The Morgan fingerprint density at radius 3 is 2.15 bits per heavy atom. The van der Waals surface area contributed by atoms with Gasteiger partial charge in [-0.05, 0) is 13.8 Å². The van der Waals surface area contributed by atoms with Gasteiger partial charge in [0.05, 0.1) is 6.10 Å². The molecule has 0 rings (SSSR count). The first-order chi connectivity index (χ1) is 5.87. The highest BCUT2D eigenvalue weighted by molar-refractivity contribution is 5.57. The Hall–Kier alpha value is -0.490. The van der Waals surface area contributed by atoms with Crippen molar-refractivity contribution < 1.29 is 24.9 Å². The SMILES string of the molecule is CO[C@@H](C=O)[C@H](O)[C@@](C)(O)[C@H](C)O. The zero-order valence-electron chi connectivity index (χ0n) is 7.97. The molecular weight excluding hydrogens is 176 g/mol. The van der Waals surface area contributed by atoms with Gasteiger partial charge in [0.1, 0.15) is 17.8 Å². The molecule has 0 unspecified atom stereocenters. The van der Waals surface area contributed by atoms with Crippen molar-refractivity contribution >= 4 is 6.29 Å². The van der Waals surface area contributed by atoms with Crippen LogP contribution in [0.2, 0.25) is 0 Å². The summed E-state index contributed by atoms with van der Waals surface area (Å²) in [4.78, 5) is 10.4. The molecule has 0 aliphatic carbocycles. The van der Waals surface area contributed by atoms with Crippen LogP contribution in [0.1, 0.15) is 13.8 Å². The molecular formula is C8H16O5. The number of carbonyl (C=O) groups is 1. The number of carbonyl (C=O) groups excluding carboxylic acids is 1. The van der Waals surface area contributed by atoms with E-state index in [1.54, 1.807) is 0 Å². The van der Waals surface area contributed by atoms with Gasteiger partial charge in [-0.15, -0.1) is 0 Å². The van der Waals surface area contributed by atoms with Gasteiger partial charge in [-0.3, -0.25) is 0 Å². The molecule has 0 fully saturated rings. The van der Waals surface area contributed by atoms with E-state index in [-0.39, 0.29) is 0 Å². The lowest BCUT2D eigenvalue weighted by molar-refractivity contribution is -0.169. The second kappa shape index (κ2) is 4.66. The van der Waals surface area contributed by atoms with Crippen molar-refractivity contribution in [3.05, 3.63) is 0 Å².